The lowest BCUT2D eigenvalue weighted by atomic mass is 9.89. The molecule has 2 aliphatic rings. The minimum atomic E-state index is -0.720. The summed E-state index contributed by atoms with van der Waals surface area (Å²) in [6, 6.07) is 3.90. The first-order valence-corrected chi connectivity index (χ1v) is 6.81. The van der Waals surface area contributed by atoms with E-state index in [2.05, 4.69) is 15.2 Å². The predicted octanol–water partition coefficient (Wildman–Crippen LogP) is 0.883. The second-order valence-corrected chi connectivity index (χ2v) is 5.36. The number of carboxylic acid groups (broad SMARTS) is 1. The van der Waals surface area contributed by atoms with Crippen molar-refractivity contribution >= 4 is 17.6 Å². The number of aromatic nitrogens is 1. The summed E-state index contributed by atoms with van der Waals surface area (Å²) in [5.74, 6) is -1.25. The fraction of sp³-hybridized carbons (Fsp3) is 0.500. The molecule has 1 aromatic rings. The summed E-state index contributed by atoms with van der Waals surface area (Å²) in [5, 5.41) is 11.8. The second kappa shape index (κ2) is 4.77. The van der Waals surface area contributed by atoms with E-state index < -0.39 is 5.97 Å². The maximum atomic E-state index is 11.6. The quantitative estimate of drug-likeness (QED) is 0.855. The van der Waals surface area contributed by atoms with Gasteiger partial charge in [0.25, 0.3) is 5.91 Å². The van der Waals surface area contributed by atoms with Gasteiger partial charge in [0, 0.05) is 31.0 Å². The third kappa shape index (κ3) is 1.92. The smallest absolute Gasteiger partial charge is 0.308 e. The van der Waals surface area contributed by atoms with Gasteiger partial charge in [0.2, 0.25) is 0 Å². The van der Waals surface area contributed by atoms with Crippen LogP contribution in [0, 0.1) is 5.92 Å². The first-order chi connectivity index (χ1) is 9.61. The molecule has 3 rings (SSSR count). The van der Waals surface area contributed by atoms with Crippen LogP contribution in [0.2, 0.25) is 0 Å². The van der Waals surface area contributed by atoms with Crippen LogP contribution in [0.5, 0.6) is 0 Å². The zero-order chi connectivity index (χ0) is 14.3. The van der Waals surface area contributed by atoms with Crippen molar-refractivity contribution in [3.63, 3.8) is 0 Å². The lowest BCUT2D eigenvalue weighted by Crippen LogP contribution is -2.33. The Labute approximate surface area is 116 Å². The van der Waals surface area contributed by atoms with Gasteiger partial charge in [-0.15, -0.1) is 0 Å². The Morgan fingerprint density at radius 1 is 1.45 bits per heavy atom. The first-order valence-electron chi connectivity index (χ1n) is 6.81. The summed E-state index contributed by atoms with van der Waals surface area (Å²) in [5.41, 5.74) is 1.26. The molecule has 2 aliphatic heterocycles. The molecule has 0 radical (unpaired) electrons. The van der Waals surface area contributed by atoms with Crippen LogP contribution < -0.4 is 10.2 Å². The molecule has 1 aromatic heterocycles. The molecule has 2 bridgehead atoms. The second-order valence-electron chi connectivity index (χ2n) is 5.36. The minimum absolute atomic E-state index is 0.0393. The van der Waals surface area contributed by atoms with Gasteiger partial charge in [0.05, 0.1) is 5.92 Å². The monoisotopic (exact) mass is 275 g/mol. The van der Waals surface area contributed by atoms with E-state index in [0.29, 0.717) is 12.1 Å². The van der Waals surface area contributed by atoms with E-state index in [4.69, 9.17) is 0 Å². The molecule has 6 heteroatoms. The number of carbonyl (C=O) groups is 2. The Morgan fingerprint density at radius 3 is 2.90 bits per heavy atom. The molecule has 1 amide bonds. The minimum Gasteiger partial charge on any atom is -0.481 e. The predicted molar refractivity (Wildman–Crippen MR) is 72.7 cm³/mol. The topological polar surface area (TPSA) is 82.5 Å². The van der Waals surface area contributed by atoms with Crippen LogP contribution in [0.25, 0.3) is 0 Å². The number of hydrogen-bond donors (Lipinski definition) is 2. The number of pyridine rings is 1. The molecule has 3 atom stereocenters. The molecule has 3 heterocycles. The van der Waals surface area contributed by atoms with Crippen molar-refractivity contribution in [1.82, 2.24) is 10.3 Å². The van der Waals surface area contributed by atoms with Gasteiger partial charge in [-0.25, -0.2) is 0 Å². The number of fused-ring (bicyclic) bond motifs is 2. The molecule has 2 fully saturated rings. The Morgan fingerprint density at radius 2 is 2.25 bits per heavy atom. The highest BCUT2D eigenvalue weighted by molar-refractivity contribution is 5.93. The van der Waals surface area contributed by atoms with E-state index in [9.17, 15) is 14.7 Å². The Hall–Kier alpha value is -2.11. The number of rotatable bonds is 3. The zero-order valence-corrected chi connectivity index (χ0v) is 11.2. The van der Waals surface area contributed by atoms with Crippen molar-refractivity contribution in [1.29, 1.82) is 0 Å². The highest BCUT2D eigenvalue weighted by atomic mass is 16.4. The SMILES string of the molecule is CNC(=O)c1cc(N2C3CCC2C(C(=O)O)C3)ccn1. The summed E-state index contributed by atoms with van der Waals surface area (Å²) in [4.78, 5) is 29.1. The zero-order valence-electron chi connectivity index (χ0n) is 11.2. The van der Waals surface area contributed by atoms with Gasteiger partial charge >= 0.3 is 5.97 Å². The number of nitrogens with one attached hydrogen (secondary N) is 1. The lowest BCUT2D eigenvalue weighted by molar-refractivity contribution is -0.142. The highest BCUT2D eigenvalue weighted by Gasteiger charge is 2.49. The fourth-order valence-corrected chi connectivity index (χ4v) is 3.49. The largest absolute Gasteiger partial charge is 0.481 e. The molecular weight excluding hydrogens is 258 g/mol. The van der Waals surface area contributed by atoms with Crippen molar-refractivity contribution in [2.75, 3.05) is 11.9 Å². The van der Waals surface area contributed by atoms with Crippen molar-refractivity contribution in [2.24, 2.45) is 5.92 Å². The van der Waals surface area contributed by atoms with Crippen molar-refractivity contribution in [2.45, 2.75) is 31.3 Å². The normalized spacial score (nSPS) is 27.6. The van der Waals surface area contributed by atoms with Crippen LogP contribution in [0.1, 0.15) is 29.8 Å². The van der Waals surface area contributed by atoms with Crippen molar-refractivity contribution in [3.8, 4) is 0 Å². The van der Waals surface area contributed by atoms with Gasteiger partial charge in [0.15, 0.2) is 0 Å². The van der Waals surface area contributed by atoms with E-state index in [0.717, 1.165) is 18.5 Å². The number of aliphatic carboxylic acids is 1. The number of nitrogens with zero attached hydrogens (tertiary/aromatic N) is 2. The first kappa shape index (κ1) is 12.9. The van der Waals surface area contributed by atoms with Crippen LogP contribution in [-0.4, -0.2) is 41.1 Å². The van der Waals surface area contributed by atoms with E-state index in [1.165, 1.54) is 0 Å². The number of carboxylic acids is 1. The molecule has 20 heavy (non-hydrogen) atoms. The number of anilines is 1. The molecule has 0 aromatic carbocycles. The molecule has 0 saturated carbocycles. The summed E-state index contributed by atoms with van der Waals surface area (Å²) in [6.45, 7) is 0. The summed E-state index contributed by atoms with van der Waals surface area (Å²) in [7, 11) is 1.57. The lowest BCUT2D eigenvalue weighted by Gasteiger charge is -2.25. The third-order valence-electron chi connectivity index (χ3n) is 4.36. The van der Waals surface area contributed by atoms with E-state index in [1.807, 2.05) is 6.07 Å². The molecule has 0 aliphatic carbocycles. The van der Waals surface area contributed by atoms with E-state index >= 15 is 0 Å². The van der Waals surface area contributed by atoms with Crippen LogP contribution in [-0.2, 0) is 4.79 Å². The van der Waals surface area contributed by atoms with E-state index in [-0.39, 0.29) is 23.9 Å². The van der Waals surface area contributed by atoms with Gasteiger partial charge < -0.3 is 15.3 Å². The average Bonchev–Trinajstić information content (AvgIpc) is 3.04. The molecule has 3 unspecified atom stereocenters. The molecular formula is C14H17N3O3. The summed E-state index contributed by atoms with van der Waals surface area (Å²) >= 11 is 0. The summed E-state index contributed by atoms with van der Waals surface area (Å²) < 4.78 is 0. The van der Waals surface area contributed by atoms with Gasteiger partial charge in [-0.05, 0) is 31.4 Å². The highest BCUT2D eigenvalue weighted by Crippen LogP contribution is 2.44. The molecule has 2 saturated heterocycles. The maximum absolute atomic E-state index is 11.6. The Balaban J connectivity index is 1.90. The van der Waals surface area contributed by atoms with Crippen LogP contribution >= 0.6 is 0 Å². The number of hydrogen-bond acceptors (Lipinski definition) is 4. The van der Waals surface area contributed by atoms with Crippen molar-refractivity contribution in [3.05, 3.63) is 24.0 Å². The van der Waals surface area contributed by atoms with Gasteiger partial charge in [-0.3, -0.25) is 14.6 Å². The third-order valence-corrected chi connectivity index (χ3v) is 4.36. The van der Waals surface area contributed by atoms with Gasteiger partial charge in [-0.1, -0.05) is 0 Å². The number of amides is 1. The van der Waals surface area contributed by atoms with E-state index in [1.54, 1.807) is 19.3 Å². The van der Waals surface area contributed by atoms with Gasteiger partial charge in [-0.2, -0.15) is 0 Å². The molecule has 106 valence electrons. The fourth-order valence-electron chi connectivity index (χ4n) is 3.49. The van der Waals surface area contributed by atoms with Crippen LogP contribution in [0.3, 0.4) is 0 Å². The maximum Gasteiger partial charge on any atom is 0.308 e. The number of carbonyl (C=O) groups excluding carboxylic acids is 1. The Kier molecular flexibility index (Phi) is 3.08. The molecule has 0 spiro atoms. The standard InChI is InChI=1S/C14H17N3O3/c1-15-13(18)11-7-9(4-5-16-11)17-8-2-3-12(17)10(6-8)14(19)20/h4-5,7-8,10,12H,2-3,6H2,1H3,(H,15,18)(H,19,20). The van der Waals surface area contributed by atoms with Gasteiger partial charge in [0.1, 0.15) is 5.69 Å². The average molecular weight is 275 g/mol. The Bertz CT molecular complexity index is 560. The summed E-state index contributed by atoms with van der Waals surface area (Å²) in [6.07, 6.45) is 4.22. The molecule has 6 nitrogen and oxygen atoms in total. The van der Waals surface area contributed by atoms with Crippen LogP contribution in [0.4, 0.5) is 5.69 Å². The van der Waals surface area contributed by atoms with Crippen molar-refractivity contribution < 1.29 is 14.7 Å². The molecule has 2 N–H and O–H groups in total. The van der Waals surface area contributed by atoms with Crippen LogP contribution in [0.15, 0.2) is 18.3 Å².